The number of urea groups is 1. The van der Waals surface area contributed by atoms with Gasteiger partial charge >= 0.3 is 6.03 Å². The molecule has 6 heteroatoms. The predicted molar refractivity (Wildman–Crippen MR) is 91.6 cm³/mol. The van der Waals surface area contributed by atoms with Crippen molar-refractivity contribution in [2.45, 2.75) is 13.3 Å². The second-order valence-corrected chi connectivity index (χ2v) is 5.20. The molecule has 0 aromatic heterocycles. The molecule has 2 rings (SSSR count). The Hall–Kier alpha value is -2.89. The quantitative estimate of drug-likeness (QED) is 0.762. The lowest BCUT2D eigenvalue weighted by molar-refractivity contribution is 0.0956. The van der Waals surface area contributed by atoms with Gasteiger partial charge in [0.05, 0.1) is 0 Å². The van der Waals surface area contributed by atoms with Crippen molar-refractivity contribution >= 4 is 17.6 Å². The zero-order valence-electron chi connectivity index (χ0n) is 13.4. The third-order valence-electron chi connectivity index (χ3n) is 3.33. The van der Waals surface area contributed by atoms with Crippen LogP contribution in [-0.4, -0.2) is 25.0 Å². The fourth-order valence-corrected chi connectivity index (χ4v) is 2.16. The molecule has 2 aromatic rings. The van der Waals surface area contributed by atoms with Gasteiger partial charge in [-0.2, -0.15) is 0 Å². The van der Waals surface area contributed by atoms with Crippen LogP contribution in [-0.2, 0) is 6.42 Å². The molecule has 0 aliphatic carbocycles. The largest absolute Gasteiger partial charge is 0.352 e. The van der Waals surface area contributed by atoms with E-state index in [1.165, 1.54) is 12.1 Å². The number of hydrogen-bond acceptors (Lipinski definition) is 2. The highest BCUT2D eigenvalue weighted by molar-refractivity contribution is 5.95. The number of rotatable bonds is 6. The van der Waals surface area contributed by atoms with E-state index in [2.05, 4.69) is 16.0 Å². The highest BCUT2D eigenvalue weighted by Gasteiger charge is 2.05. The van der Waals surface area contributed by atoms with Crippen LogP contribution in [0, 0.1) is 5.82 Å². The molecule has 2 aromatic carbocycles. The zero-order chi connectivity index (χ0) is 17.4. The fourth-order valence-electron chi connectivity index (χ4n) is 2.16. The van der Waals surface area contributed by atoms with Gasteiger partial charge in [-0.15, -0.1) is 0 Å². The lowest BCUT2D eigenvalue weighted by Gasteiger charge is -2.08. The first kappa shape index (κ1) is 17.5. The summed E-state index contributed by atoms with van der Waals surface area (Å²) in [6, 6.07) is 12.5. The van der Waals surface area contributed by atoms with Crippen molar-refractivity contribution < 1.29 is 14.0 Å². The highest BCUT2D eigenvalue weighted by Crippen LogP contribution is 2.09. The molecule has 0 aliphatic rings. The van der Waals surface area contributed by atoms with Crippen molar-refractivity contribution in [1.82, 2.24) is 10.6 Å². The van der Waals surface area contributed by atoms with Gasteiger partial charge in [0.2, 0.25) is 0 Å². The summed E-state index contributed by atoms with van der Waals surface area (Å²) in [6.45, 7) is 2.81. The Kier molecular flexibility index (Phi) is 6.31. The van der Waals surface area contributed by atoms with E-state index in [0.717, 1.165) is 5.56 Å². The summed E-state index contributed by atoms with van der Waals surface area (Å²) >= 11 is 0. The second-order valence-electron chi connectivity index (χ2n) is 5.20. The predicted octanol–water partition coefficient (Wildman–Crippen LogP) is 2.94. The van der Waals surface area contributed by atoms with E-state index in [9.17, 15) is 14.0 Å². The molecule has 0 atom stereocenters. The summed E-state index contributed by atoms with van der Waals surface area (Å²) in [7, 11) is 0. The Morgan fingerprint density at radius 2 is 1.79 bits per heavy atom. The first-order valence-electron chi connectivity index (χ1n) is 7.76. The molecule has 0 heterocycles. The minimum atomic E-state index is -0.350. The van der Waals surface area contributed by atoms with Crippen molar-refractivity contribution in [1.29, 1.82) is 0 Å². The molecule has 0 fully saturated rings. The molecule has 3 amide bonds. The van der Waals surface area contributed by atoms with Crippen LogP contribution in [0.25, 0.3) is 0 Å². The molecule has 5 nitrogen and oxygen atoms in total. The Bertz CT molecular complexity index is 702. The van der Waals surface area contributed by atoms with Crippen LogP contribution >= 0.6 is 0 Å². The highest BCUT2D eigenvalue weighted by atomic mass is 19.1. The Morgan fingerprint density at radius 1 is 1.04 bits per heavy atom. The van der Waals surface area contributed by atoms with Crippen molar-refractivity contribution in [2.75, 3.05) is 18.4 Å². The molecular formula is C18H20FN3O2. The Labute approximate surface area is 140 Å². The van der Waals surface area contributed by atoms with Crippen LogP contribution in [0.2, 0.25) is 0 Å². The van der Waals surface area contributed by atoms with Gasteiger partial charge in [-0.1, -0.05) is 12.1 Å². The summed E-state index contributed by atoms with van der Waals surface area (Å²) in [5, 5.41) is 8.09. The topological polar surface area (TPSA) is 70.2 Å². The van der Waals surface area contributed by atoms with Gasteiger partial charge in [0.1, 0.15) is 5.82 Å². The average Bonchev–Trinajstić information content (AvgIpc) is 2.56. The van der Waals surface area contributed by atoms with Gasteiger partial charge in [0, 0.05) is 24.3 Å². The number of halogens is 1. The Morgan fingerprint density at radius 3 is 2.46 bits per heavy atom. The number of nitrogens with one attached hydrogen (secondary N) is 3. The summed E-state index contributed by atoms with van der Waals surface area (Å²) in [4.78, 5) is 23.5. The minimum Gasteiger partial charge on any atom is -0.352 e. The third-order valence-corrected chi connectivity index (χ3v) is 3.33. The average molecular weight is 329 g/mol. The van der Waals surface area contributed by atoms with Crippen molar-refractivity contribution in [3.8, 4) is 0 Å². The fraction of sp³-hybridized carbons (Fsp3) is 0.222. The van der Waals surface area contributed by atoms with Crippen LogP contribution in [0.15, 0.2) is 48.5 Å². The van der Waals surface area contributed by atoms with Gasteiger partial charge in [-0.3, -0.25) is 4.79 Å². The molecule has 0 saturated carbocycles. The monoisotopic (exact) mass is 329 g/mol. The second kappa shape index (κ2) is 8.67. The number of amides is 3. The van der Waals surface area contributed by atoms with Crippen molar-refractivity contribution in [3.63, 3.8) is 0 Å². The molecule has 24 heavy (non-hydrogen) atoms. The van der Waals surface area contributed by atoms with Gasteiger partial charge in [0.25, 0.3) is 5.91 Å². The number of benzene rings is 2. The first-order valence-corrected chi connectivity index (χ1v) is 7.76. The molecule has 126 valence electrons. The normalized spacial score (nSPS) is 10.1. The van der Waals surface area contributed by atoms with E-state index in [-0.39, 0.29) is 17.8 Å². The maximum absolute atomic E-state index is 13.1. The van der Waals surface area contributed by atoms with Gasteiger partial charge in [-0.05, 0) is 55.3 Å². The first-order chi connectivity index (χ1) is 11.6. The van der Waals surface area contributed by atoms with E-state index >= 15 is 0 Å². The number of hydrogen-bond donors (Lipinski definition) is 3. The maximum atomic E-state index is 13.1. The molecule has 0 bridgehead atoms. The SMILES string of the molecule is CCNC(=O)c1ccc(NC(=O)NCCc2cccc(F)c2)cc1. The van der Waals surface area contributed by atoms with Crippen LogP contribution in [0.1, 0.15) is 22.8 Å². The number of carbonyl (C=O) groups is 2. The van der Waals surface area contributed by atoms with Gasteiger partial charge < -0.3 is 16.0 Å². The molecule has 0 radical (unpaired) electrons. The molecular weight excluding hydrogens is 309 g/mol. The third kappa shape index (κ3) is 5.39. The van der Waals surface area contributed by atoms with E-state index in [1.807, 2.05) is 13.0 Å². The van der Waals surface area contributed by atoms with E-state index in [0.29, 0.717) is 30.8 Å². The zero-order valence-corrected chi connectivity index (χ0v) is 13.4. The van der Waals surface area contributed by atoms with Crippen LogP contribution in [0.5, 0.6) is 0 Å². The lowest BCUT2D eigenvalue weighted by Crippen LogP contribution is -2.30. The summed E-state index contributed by atoms with van der Waals surface area (Å²) in [5.74, 6) is -0.437. The molecule has 0 spiro atoms. The van der Waals surface area contributed by atoms with Crippen molar-refractivity contribution in [3.05, 3.63) is 65.5 Å². The Balaban J connectivity index is 1.78. The minimum absolute atomic E-state index is 0.149. The van der Waals surface area contributed by atoms with Crippen molar-refractivity contribution in [2.24, 2.45) is 0 Å². The van der Waals surface area contributed by atoms with E-state index < -0.39 is 0 Å². The smallest absolute Gasteiger partial charge is 0.319 e. The molecule has 0 aliphatic heterocycles. The van der Waals surface area contributed by atoms with E-state index in [4.69, 9.17) is 0 Å². The lowest BCUT2D eigenvalue weighted by atomic mass is 10.1. The van der Waals surface area contributed by atoms with Crippen LogP contribution < -0.4 is 16.0 Å². The summed E-state index contributed by atoms with van der Waals surface area (Å²) in [5.41, 5.74) is 1.95. The standard InChI is InChI=1S/C18H20FN3O2/c1-2-20-17(23)14-6-8-16(9-7-14)22-18(24)21-11-10-13-4-3-5-15(19)12-13/h3-9,12H,2,10-11H2,1H3,(H,20,23)(H2,21,22,24). The number of carbonyl (C=O) groups excluding carboxylic acids is 2. The van der Waals surface area contributed by atoms with Crippen LogP contribution in [0.3, 0.4) is 0 Å². The molecule has 3 N–H and O–H groups in total. The van der Waals surface area contributed by atoms with Gasteiger partial charge in [0.15, 0.2) is 0 Å². The summed E-state index contributed by atoms with van der Waals surface area (Å²) in [6.07, 6.45) is 0.543. The van der Waals surface area contributed by atoms with Gasteiger partial charge in [-0.25, -0.2) is 9.18 Å². The molecule has 0 unspecified atom stereocenters. The number of anilines is 1. The molecule has 0 saturated heterocycles. The maximum Gasteiger partial charge on any atom is 0.319 e. The van der Waals surface area contributed by atoms with E-state index in [1.54, 1.807) is 30.3 Å². The van der Waals surface area contributed by atoms with Crippen LogP contribution in [0.4, 0.5) is 14.9 Å². The summed E-state index contributed by atoms with van der Waals surface area (Å²) < 4.78 is 13.1.